The van der Waals surface area contributed by atoms with Gasteiger partial charge in [-0.15, -0.1) is 0 Å². The van der Waals surface area contributed by atoms with E-state index in [-0.39, 0.29) is 5.56 Å². The molecule has 1 aromatic carbocycles. The first-order valence-corrected chi connectivity index (χ1v) is 6.80. The Hall–Kier alpha value is -1.26. The fourth-order valence-corrected chi connectivity index (χ4v) is 2.89. The van der Waals surface area contributed by atoms with Crippen molar-refractivity contribution in [2.75, 3.05) is 31.6 Å². The molecule has 0 amide bonds. The Labute approximate surface area is 118 Å². The highest BCUT2D eigenvalue weighted by atomic mass is 35.5. The molecule has 0 spiro atoms. The number of aromatic carboxylic acids is 1. The Bertz CT molecular complexity index is 498. The molecule has 0 atom stereocenters. The standard InChI is InChI=1S/C14H19ClN2O2/c1-4-17(11-7-16(3)8-11)13-6-10(15)5-12(9(13)2)14(18)19/h5-6,11H,4,7-8H2,1-3H3,(H,18,19). The van der Waals surface area contributed by atoms with Crippen molar-refractivity contribution in [2.24, 2.45) is 0 Å². The minimum atomic E-state index is -0.928. The maximum Gasteiger partial charge on any atom is 0.336 e. The zero-order valence-electron chi connectivity index (χ0n) is 11.5. The molecule has 1 aliphatic rings. The largest absolute Gasteiger partial charge is 0.478 e. The number of carboxylic acids is 1. The Kier molecular flexibility index (Phi) is 4.02. The summed E-state index contributed by atoms with van der Waals surface area (Å²) in [4.78, 5) is 15.7. The van der Waals surface area contributed by atoms with E-state index in [0.29, 0.717) is 11.1 Å². The van der Waals surface area contributed by atoms with E-state index in [2.05, 4.69) is 23.8 Å². The molecule has 0 unspecified atom stereocenters. The SMILES string of the molecule is CCN(c1cc(Cl)cc(C(=O)O)c1C)C1CN(C)C1. The maximum atomic E-state index is 11.3. The average Bonchev–Trinajstić information content (AvgIpc) is 2.31. The fourth-order valence-electron chi connectivity index (χ4n) is 2.67. The molecule has 2 rings (SSSR count). The minimum Gasteiger partial charge on any atom is -0.478 e. The van der Waals surface area contributed by atoms with Gasteiger partial charge in [0.25, 0.3) is 0 Å². The highest BCUT2D eigenvalue weighted by Crippen LogP contribution is 2.31. The van der Waals surface area contributed by atoms with Crippen molar-refractivity contribution < 1.29 is 9.90 Å². The van der Waals surface area contributed by atoms with Crippen molar-refractivity contribution in [1.82, 2.24) is 4.90 Å². The second-order valence-electron chi connectivity index (χ2n) is 5.06. The number of hydrogen-bond donors (Lipinski definition) is 1. The van der Waals surface area contributed by atoms with Crippen LogP contribution >= 0.6 is 11.6 Å². The number of nitrogens with zero attached hydrogens (tertiary/aromatic N) is 2. The molecule has 5 heteroatoms. The number of carboxylic acid groups (broad SMARTS) is 1. The topological polar surface area (TPSA) is 43.8 Å². The second-order valence-corrected chi connectivity index (χ2v) is 5.50. The van der Waals surface area contributed by atoms with Gasteiger partial charge >= 0.3 is 5.97 Å². The van der Waals surface area contributed by atoms with Gasteiger partial charge in [0.1, 0.15) is 0 Å². The molecule has 1 fully saturated rings. The Morgan fingerprint density at radius 1 is 1.53 bits per heavy atom. The minimum absolute atomic E-state index is 0.286. The molecule has 1 saturated heterocycles. The van der Waals surface area contributed by atoms with Gasteiger partial charge in [0, 0.05) is 30.3 Å². The zero-order chi connectivity index (χ0) is 14.2. The van der Waals surface area contributed by atoms with E-state index in [9.17, 15) is 9.90 Å². The summed E-state index contributed by atoms with van der Waals surface area (Å²) in [5.41, 5.74) is 2.01. The summed E-state index contributed by atoms with van der Waals surface area (Å²) in [7, 11) is 2.08. The molecule has 4 nitrogen and oxygen atoms in total. The number of likely N-dealkylation sites (N-methyl/N-ethyl adjacent to an activating group) is 2. The number of rotatable bonds is 4. The zero-order valence-corrected chi connectivity index (χ0v) is 12.2. The molecule has 1 aromatic rings. The van der Waals surface area contributed by atoms with E-state index in [1.165, 1.54) is 6.07 Å². The van der Waals surface area contributed by atoms with Crippen LogP contribution < -0.4 is 4.90 Å². The van der Waals surface area contributed by atoms with Gasteiger partial charge in [0.05, 0.1) is 11.6 Å². The fraction of sp³-hybridized carbons (Fsp3) is 0.500. The highest BCUT2D eigenvalue weighted by Gasteiger charge is 2.30. The molecule has 0 saturated carbocycles. The van der Waals surface area contributed by atoms with Gasteiger partial charge in [0.15, 0.2) is 0 Å². The molecule has 0 aromatic heterocycles. The molecular formula is C14H19ClN2O2. The number of halogens is 1. The van der Waals surface area contributed by atoms with Gasteiger partial charge in [0.2, 0.25) is 0 Å². The first kappa shape index (κ1) is 14.2. The van der Waals surface area contributed by atoms with Crippen molar-refractivity contribution >= 4 is 23.3 Å². The molecule has 1 aliphatic heterocycles. The quantitative estimate of drug-likeness (QED) is 0.921. The van der Waals surface area contributed by atoms with Crippen LogP contribution in [-0.4, -0.2) is 48.7 Å². The second kappa shape index (κ2) is 5.39. The number of carbonyl (C=O) groups is 1. The lowest BCUT2D eigenvalue weighted by molar-refractivity contribution is 0.0696. The van der Waals surface area contributed by atoms with Crippen LogP contribution in [0.4, 0.5) is 5.69 Å². The summed E-state index contributed by atoms with van der Waals surface area (Å²) < 4.78 is 0. The van der Waals surface area contributed by atoms with Crippen molar-refractivity contribution in [3.05, 3.63) is 28.3 Å². The first-order chi connectivity index (χ1) is 8.93. The predicted molar refractivity (Wildman–Crippen MR) is 77.5 cm³/mol. The van der Waals surface area contributed by atoms with Crippen molar-refractivity contribution in [2.45, 2.75) is 19.9 Å². The molecule has 0 aliphatic carbocycles. The first-order valence-electron chi connectivity index (χ1n) is 6.42. The summed E-state index contributed by atoms with van der Waals surface area (Å²) >= 11 is 6.06. The van der Waals surface area contributed by atoms with Crippen LogP contribution in [0.1, 0.15) is 22.8 Å². The Morgan fingerprint density at radius 2 is 2.16 bits per heavy atom. The number of hydrogen-bond acceptors (Lipinski definition) is 3. The van der Waals surface area contributed by atoms with E-state index in [0.717, 1.165) is 30.9 Å². The third-order valence-corrected chi connectivity index (χ3v) is 3.93. The molecule has 1 N–H and O–H groups in total. The normalized spacial score (nSPS) is 16.2. The van der Waals surface area contributed by atoms with Gasteiger partial charge in [-0.2, -0.15) is 0 Å². The van der Waals surface area contributed by atoms with Crippen LogP contribution in [-0.2, 0) is 0 Å². The molecule has 19 heavy (non-hydrogen) atoms. The smallest absolute Gasteiger partial charge is 0.336 e. The third-order valence-electron chi connectivity index (χ3n) is 3.71. The number of likely N-dealkylation sites (tertiary alicyclic amines) is 1. The van der Waals surface area contributed by atoms with Crippen LogP contribution in [0.5, 0.6) is 0 Å². The Balaban J connectivity index is 2.39. The maximum absolute atomic E-state index is 11.3. The van der Waals surface area contributed by atoms with Crippen molar-refractivity contribution in [3.63, 3.8) is 0 Å². The van der Waals surface area contributed by atoms with Crippen LogP contribution in [0.3, 0.4) is 0 Å². The van der Waals surface area contributed by atoms with E-state index in [1.54, 1.807) is 0 Å². The summed E-state index contributed by atoms with van der Waals surface area (Å²) in [5, 5.41) is 9.71. The number of anilines is 1. The van der Waals surface area contributed by atoms with Gasteiger partial charge in [-0.25, -0.2) is 4.79 Å². The highest BCUT2D eigenvalue weighted by molar-refractivity contribution is 6.31. The van der Waals surface area contributed by atoms with E-state index in [4.69, 9.17) is 11.6 Å². The van der Waals surface area contributed by atoms with Gasteiger partial charge < -0.3 is 14.9 Å². The van der Waals surface area contributed by atoms with Crippen LogP contribution in [0.25, 0.3) is 0 Å². The molecular weight excluding hydrogens is 264 g/mol. The lowest BCUT2D eigenvalue weighted by atomic mass is 10.0. The van der Waals surface area contributed by atoms with Crippen LogP contribution in [0.2, 0.25) is 5.02 Å². The summed E-state index contributed by atoms with van der Waals surface area (Å²) in [6, 6.07) is 3.82. The molecule has 0 bridgehead atoms. The third kappa shape index (κ3) is 2.69. The molecule has 0 radical (unpaired) electrons. The molecule has 1 heterocycles. The predicted octanol–water partition coefficient (Wildman–Crippen LogP) is 2.49. The van der Waals surface area contributed by atoms with E-state index < -0.39 is 5.97 Å². The summed E-state index contributed by atoms with van der Waals surface area (Å²) in [5.74, 6) is -0.928. The molecule has 104 valence electrons. The van der Waals surface area contributed by atoms with Gasteiger partial charge in [-0.05, 0) is 38.6 Å². The lowest BCUT2D eigenvalue weighted by Gasteiger charge is -2.45. The van der Waals surface area contributed by atoms with Crippen molar-refractivity contribution in [3.8, 4) is 0 Å². The van der Waals surface area contributed by atoms with E-state index in [1.807, 2.05) is 13.0 Å². The summed E-state index contributed by atoms with van der Waals surface area (Å²) in [6.07, 6.45) is 0. The van der Waals surface area contributed by atoms with Gasteiger partial charge in [-0.3, -0.25) is 0 Å². The van der Waals surface area contributed by atoms with E-state index >= 15 is 0 Å². The summed E-state index contributed by atoms with van der Waals surface area (Å²) in [6.45, 7) is 6.78. The van der Waals surface area contributed by atoms with Crippen LogP contribution in [0, 0.1) is 6.92 Å². The van der Waals surface area contributed by atoms with Crippen LogP contribution in [0.15, 0.2) is 12.1 Å². The Morgan fingerprint density at radius 3 is 2.63 bits per heavy atom. The number of benzene rings is 1. The average molecular weight is 283 g/mol. The lowest BCUT2D eigenvalue weighted by Crippen LogP contribution is -2.58. The monoisotopic (exact) mass is 282 g/mol. The van der Waals surface area contributed by atoms with Gasteiger partial charge in [-0.1, -0.05) is 11.6 Å². The van der Waals surface area contributed by atoms with Crippen molar-refractivity contribution in [1.29, 1.82) is 0 Å².